The van der Waals surface area contributed by atoms with Gasteiger partial charge < -0.3 is 10.2 Å². The fourth-order valence-corrected chi connectivity index (χ4v) is 4.04. The maximum atomic E-state index is 13.2. The van der Waals surface area contributed by atoms with E-state index >= 15 is 0 Å². The molecule has 3 aromatic rings. The molecule has 1 heterocycles. The average Bonchev–Trinajstić information content (AvgIpc) is 3.03. The summed E-state index contributed by atoms with van der Waals surface area (Å²) in [5.74, 6) is -1.08. The topological polar surface area (TPSA) is 90.2 Å². The molecule has 31 heavy (non-hydrogen) atoms. The largest absolute Gasteiger partial charge is 0.508 e. The molecule has 1 saturated heterocycles. The first-order valence-electron chi connectivity index (χ1n) is 9.46. The summed E-state index contributed by atoms with van der Waals surface area (Å²) in [5, 5.41) is 19.3. The van der Waals surface area contributed by atoms with Gasteiger partial charge in [-0.05, 0) is 65.4 Å². The molecule has 0 unspecified atom stereocenters. The lowest BCUT2D eigenvalue weighted by Crippen LogP contribution is -2.28. The minimum Gasteiger partial charge on any atom is -0.508 e. The van der Waals surface area contributed by atoms with E-state index in [0.717, 1.165) is 11.3 Å². The van der Waals surface area contributed by atoms with Crippen LogP contribution in [-0.2, 0) is 11.3 Å². The molecule has 4 rings (SSSR count). The summed E-state index contributed by atoms with van der Waals surface area (Å²) in [5.41, 5.74) is 2.41. The van der Waals surface area contributed by atoms with Crippen LogP contribution in [0.15, 0.2) is 88.8 Å². The second-order valence-corrected chi connectivity index (χ2v) is 7.84. The zero-order valence-corrected chi connectivity index (χ0v) is 17.1. The molecule has 3 aromatic carbocycles. The number of carboxylic acid groups (broad SMARTS) is 1. The van der Waals surface area contributed by atoms with Crippen LogP contribution in [-0.4, -0.2) is 32.2 Å². The highest BCUT2D eigenvalue weighted by Gasteiger charge is 2.33. The summed E-state index contributed by atoms with van der Waals surface area (Å²) in [6, 6.07) is 22.5. The van der Waals surface area contributed by atoms with Crippen molar-refractivity contribution in [3.05, 3.63) is 100 Å². The maximum Gasteiger partial charge on any atom is 0.335 e. The first-order valence-corrected chi connectivity index (χ1v) is 10.3. The van der Waals surface area contributed by atoms with Gasteiger partial charge in [0.25, 0.3) is 5.91 Å². The van der Waals surface area contributed by atoms with Gasteiger partial charge in [-0.1, -0.05) is 42.5 Å². The number of para-hydroxylation sites is 1. The Morgan fingerprint density at radius 3 is 2.42 bits per heavy atom. The van der Waals surface area contributed by atoms with Gasteiger partial charge in [-0.15, -0.1) is 0 Å². The number of rotatable bonds is 5. The van der Waals surface area contributed by atoms with Crippen LogP contribution in [0.5, 0.6) is 5.75 Å². The standard InChI is InChI=1S/C24H18N2O4S/c27-20-8-4-5-17(13-20)14-21-22(28)26(15-16-9-11-18(12-10-16)23(29)30)24(31-21)25-19-6-2-1-3-7-19/h1-14,27H,15H2,(H,29,30)/b21-14-,25-24?. The fourth-order valence-electron chi connectivity index (χ4n) is 3.05. The molecule has 0 bridgehead atoms. The molecule has 1 aliphatic heterocycles. The minimum absolute atomic E-state index is 0.123. The van der Waals surface area contributed by atoms with Gasteiger partial charge in [-0.25, -0.2) is 9.79 Å². The number of carbonyl (C=O) groups is 2. The van der Waals surface area contributed by atoms with Gasteiger partial charge >= 0.3 is 5.97 Å². The molecule has 1 fully saturated rings. The Labute approximate surface area is 183 Å². The van der Waals surface area contributed by atoms with Crippen LogP contribution in [0.1, 0.15) is 21.5 Å². The van der Waals surface area contributed by atoms with E-state index in [4.69, 9.17) is 5.11 Å². The van der Waals surface area contributed by atoms with Crippen LogP contribution in [0.25, 0.3) is 6.08 Å². The highest BCUT2D eigenvalue weighted by Crippen LogP contribution is 2.35. The van der Waals surface area contributed by atoms with Crippen molar-refractivity contribution in [3.8, 4) is 5.75 Å². The molecular weight excluding hydrogens is 412 g/mol. The molecular formula is C24H18N2O4S. The van der Waals surface area contributed by atoms with Crippen molar-refractivity contribution >= 4 is 40.6 Å². The molecule has 1 amide bonds. The molecule has 0 atom stereocenters. The molecule has 0 aliphatic carbocycles. The van der Waals surface area contributed by atoms with E-state index in [-0.39, 0.29) is 23.8 Å². The summed E-state index contributed by atoms with van der Waals surface area (Å²) >= 11 is 1.26. The first-order chi connectivity index (χ1) is 15.0. The Bertz CT molecular complexity index is 1190. The number of amides is 1. The lowest BCUT2D eigenvalue weighted by Gasteiger charge is -2.16. The van der Waals surface area contributed by atoms with Crippen molar-refractivity contribution in [2.75, 3.05) is 0 Å². The predicted octanol–water partition coefficient (Wildman–Crippen LogP) is 4.89. The van der Waals surface area contributed by atoms with Crippen molar-refractivity contribution in [1.29, 1.82) is 0 Å². The number of phenols is 1. The molecule has 154 valence electrons. The molecule has 1 aliphatic rings. The number of hydrogen-bond acceptors (Lipinski definition) is 5. The number of aromatic hydroxyl groups is 1. The number of phenolic OH excluding ortho intramolecular Hbond substituents is 1. The van der Waals surface area contributed by atoms with Crippen LogP contribution in [0, 0.1) is 0 Å². The second-order valence-electron chi connectivity index (χ2n) is 6.83. The quantitative estimate of drug-likeness (QED) is 0.562. The van der Waals surface area contributed by atoms with Crippen molar-refractivity contribution < 1.29 is 19.8 Å². The smallest absolute Gasteiger partial charge is 0.335 e. The van der Waals surface area contributed by atoms with Crippen molar-refractivity contribution in [1.82, 2.24) is 4.90 Å². The number of hydrogen-bond donors (Lipinski definition) is 2. The number of carboxylic acids is 1. The highest BCUT2D eigenvalue weighted by atomic mass is 32.2. The fraction of sp³-hybridized carbons (Fsp3) is 0.0417. The summed E-state index contributed by atoms with van der Waals surface area (Å²) in [6.07, 6.45) is 1.72. The Balaban J connectivity index is 1.67. The van der Waals surface area contributed by atoms with Crippen molar-refractivity contribution in [2.45, 2.75) is 6.54 Å². The number of nitrogens with zero attached hydrogens (tertiary/aromatic N) is 2. The predicted molar refractivity (Wildman–Crippen MR) is 121 cm³/mol. The van der Waals surface area contributed by atoms with Gasteiger partial charge in [0.15, 0.2) is 5.17 Å². The second kappa shape index (κ2) is 8.89. The molecule has 0 spiro atoms. The number of aromatic carboxylic acids is 1. The van der Waals surface area contributed by atoms with E-state index in [1.54, 1.807) is 41.3 Å². The van der Waals surface area contributed by atoms with E-state index < -0.39 is 5.97 Å². The normalized spacial score (nSPS) is 16.3. The highest BCUT2D eigenvalue weighted by molar-refractivity contribution is 8.18. The van der Waals surface area contributed by atoms with E-state index in [0.29, 0.717) is 15.6 Å². The van der Waals surface area contributed by atoms with Crippen molar-refractivity contribution in [3.63, 3.8) is 0 Å². The molecule has 0 radical (unpaired) electrons. The Kier molecular flexibility index (Phi) is 5.86. The van der Waals surface area contributed by atoms with Gasteiger partial charge in [-0.3, -0.25) is 9.69 Å². The summed E-state index contributed by atoms with van der Waals surface area (Å²) in [4.78, 5) is 31.0. The molecule has 7 heteroatoms. The van der Waals surface area contributed by atoms with Gasteiger partial charge in [0, 0.05) is 0 Å². The van der Waals surface area contributed by atoms with E-state index in [2.05, 4.69) is 4.99 Å². The number of amidine groups is 1. The van der Waals surface area contributed by atoms with Crippen LogP contribution < -0.4 is 0 Å². The Hall–Kier alpha value is -3.84. The average molecular weight is 430 g/mol. The molecule has 0 saturated carbocycles. The first kappa shape index (κ1) is 20.4. The summed E-state index contributed by atoms with van der Waals surface area (Å²) < 4.78 is 0. The third-order valence-electron chi connectivity index (χ3n) is 4.58. The van der Waals surface area contributed by atoms with Crippen LogP contribution in [0.2, 0.25) is 0 Å². The summed E-state index contributed by atoms with van der Waals surface area (Å²) in [6.45, 7) is 0.259. The van der Waals surface area contributed by atoms with Gasteiger partial charge in [-0.2, -0.15) is 0 Å². The lowest BCUT2D eigenvalue weighted by molar-refractivity contribution is -0.122. The number of thioether (sulfide) groups is 1. The van der Waals surface area contributed by atoms with E-state index in [1.165, 1.54) is 23.9 Å². The lowest BCUT2D eigenvalue weighted by atomic mass is 10.1. The van der Waals surface area contributed by atoms with Gasteiger partial charge in [0.1, 0.15) is 5.75 Å². The van der Waals surface area contributed by atoms with Crippen LogP contribution in [0.3, 0.4) is 0 Å². The monoisotopic (exact) mass is 430 g/mol. The van der Waals surface area contributed by atoms with E-state index in [9.17, 15) is 14.7 Å². The maximum absolute atomic E-state index is 13.2. The van der Waals surface area contributed by atoms with Crippen LogP contribution >= 0.6 is 11.8 Å². The molecule has 0 aromatic heterocycles. The zero-order valence-electron chi connectivity index (χ0n) is 16.3. The SMILES string of the molecule is O=C(O)c1ccc(CN2C(=O)/C(=C/c3cccc(O)c3)SC2=Nc2ccccc2)cc1. The van der Waals surface area contributed by atoms with Gasteiger partial charge in [0.2, 0.25) is 0 Å². The van der Waals surface area contributed by atoms with Gasteiger partial charge in [0.05, 0.1) is 22.7 Å². The summed E-state index contributed by atoms with van der Waals surface area (Å²) in [7, 11) is 0. The molecule has 6 nitrogen and oxygen atoms in total. The third kappa shape index (κ3) is 4.84. The van der Waals surface area contributed by atoms with E-state index in [1.807, 2.05) is 36.4 Å². The Morgan fingerprint density at radius 2 is 1.74 bits per heavy atom. The zero-order chi connectivity index (χ0) is 21.8. The number of aliphatic imine (C=N–C) groups is 1. The minimum atomic E-state index is -0.998. The van der Waals surface area contributed by atoms with Crippen molar-refractivity contribution in [2.24, 2.45) is 4.99 Å². The molecule has 2 N–H and O–H groups in total. The van der Waals surface area contributed by atoms with Crippen LogP contribution in [0.4, 0.5) is 5.69 Å². The Morgan fingerprint density at radius 1 is 1.00 bits per heavy atom. The third-order valence-corrected chi connectivity index (χ3v) is 5.59. The number of carbonyl (C=O) groups excluding carboxylic acids is 1. The number of benzene rings is 3.